The van der Waals surface area contributed by atoms with Gasteiger partial charge in [0.05, 0.1) is 24.5 Å². The topological polar surface area (TPSA) is 164 Å². The Hall–Kier alpha value is -3.04. The van der Waals surface area contributed by atoms with Crippen LogP contribution in [-0.2, 0) is 30.3 Å². The van der Waals surface area contributed by atoms with Crippen molar-refractivity contribution in [3.63, 3.8) is 0 Å². The van der Waals surface area contributed by atoms with Crippen molar-refractivity contribution in [1.82, 2.24) is 30.2 Å². The second-order valence-electron chi connectivity index (χ2n) is 13.8. The molecule has 4 rings (SSSR count). The van der Waals surface area contributed by atoms with Crippen molar-refractivity contribution in [3.05, 3.63) is 12.4 Å². The van der Waals surface area contributed by atoms with Gasteiger partial charge in [-0.15, -0.1) is 5.10 Å². The van der Waals surface area contributed by atoms with Gasteiger partial charge in [0.15, 0.2) is 10.7 Å². The molecule has 1 amide bonds. The van der Waals surface area contributed by atoms with Crippen molar-refractivity contribution in [1.29, 1.82) is 0 Å². The number of carbonyl (C=O) groups is 3. The lowest BCUT2D eigenvalue weighted by atomic mass is 9.62. The van der Waals surface area contributed by atoms with E-state index in [-0.39, 0.29) is 11.7 Å². The number of nitrogen functional groups attached to an aromatic ring is 1. The number of ether oxygens (including phenoxy) is 3. The minimum atomic E-state index is -1.24. The van der Waals surface area contributed by atoms with Gasteiger partial charge in [0.2, 0.25) is 0 Å². The van der Waals surface area contributed by atoms with E-state index in [2.05, 4.69) is 27.5 Å². The van der Waals surface area contributed by atoms with Gasteiger partial charge in [0.25, 0.3) is 0 Å². The predicted molar refractivity (Wildman–Crippen MR) is 184 cm³/mol. The van der Waals surface area contributed by atoms with Gasteiger partial charge < -0.3 is 19.9 Å². The summed E-state index contributed by atoms with van der Waals surface area (Å²) in [6.45, 7) is 14.6. The Bertz CT molecular complexity index is 1440. The number of ketones is 1. The Morgan fingerprint density at radius 1 is 1.17 bits per heavy atom. The monoisotopic (exact) mass is 685 g/mol. The third kappa shape index (κ3) is 7.28. The fourth-order valence-electron chi connectivity index (χ4n) is 7.49. The number of Topliss-reactive ketones (excluding diaryl/α,β-unsaturated/α-hetero) is 1. The van der Waals surface area contributed by atoms with E-state index < -0.39 is 52.7 Å². The zero-order valence-corrected chi connectivity index (χ0v) is 30.5. The molecule has 0 spiro atoms. The van der Waals surface area contributed by atoms with Crippen LogP contribution in [0.1, 0.15) is 87.0 Å². The number of hydrogen-bond donors (Lipinski definition) is 2. The Labute approximate surface area is 289 Å². The zero-order valence-electron chi connectivity index (χ0n) is 29.7. The Balaban J connectivity index is 1.58. The quantitative estimate of drug-likeness (QED) is 0.164. The van der Waals surface area contributed by atoms with Crippen LogP contribution in [0.3, 0.4) is 0 Å². The minimum Gasteiger partial charge on any atom is -0.457 e. The van der Waals surface area contributed by atoms with Crippen LogP contribution in [0.25, 0.3) is 10.6 Å². The van der Waals surface area contributed by atoms with Crippen molar-refractivity contribution in [3.8, 4) is 10.6 Å². The molecule has 2 saturated heterocycles. The molecule has 2 fully saturated rings. The van der Waals surface area contributed by atoms with Crippen LogP contribution in [0.2, 0.25) is 5.82 Å². The molecule has 8 atom stereocenters. The molecule has 48 heavy (non-hydrogen) atoms. The minimum absolute atomic E-state index is 0.166. The summed E-state index contributed by atoms with van der Waals surface area (Å²) in [5.41, 5.74) is 3.45. The molecule has 4 heterocycles. The van der Waals surface area contributed by atoms with E-state index >= 15 is 0 Å². The molecule has 264 valence electrons. The number of amides is 1. The number of unbranched alkanes of at least 4 members (excludes halogenated alkanes) is 1. The summed E-state index contributed by atoms with van der Waals surface area (Å²) in [6.07, 6.45) is 5.87. The lowest BCUT2D eigenvalue weighted by Crippen LogP contribution is -2.70. The van der Waals surface area contributed by atoms with E-state index in [4.69, 9.17) is 27.8 Å². The maximum absolute atomic E-state index is 13.7. The van der Waals surface area contributed by atoms with Crippen molar-refractivity contribution in [2.45, 2.75) is 122 Å². The van der Waals surface area contributed by atoms with Crippen LogP contribution in [0.5, 0.6) is 0 Å². The summed E-state index contributed by atoms with van der Waals surface area (Å²) in [5, 5.41) is 12.7. The molecule has 13 nitrogen and oxygen atoms in total. The fraction of sp³-hybridized carbons (Fsp3) is 0.758. The number of methoxy groups -OCH3 is 1. The molecule has 2 aliphatic heterocycles. The molecule has 0 aliphatic carbocycles. The second-order valence-corrected chi connectivity index (χ2v) is 14.9. The number of aromatic nitrogens is 4. The van der Waals surface area contributed by atoms with Gasteiger partial charge in [-0.1, -0.05) is 44.2 Å². The molecular weight excluding hydrogens is 633 g/mol. The maximum atomic E-state index is 13.7. The SMILES string of the molecule is [B][C@@H]1[C@@H](C)C(=O)[C@@H](C)C(=O)O[C@H](CC)[C@@]2(C)OC(=O)N(CCCCn3cc(-c4cnc(N)s4)nn3)[C@]2(CC)NCC[C@H](C)C[C@@]1(C)OC. The van der Waals surface area contributed by atoms with Crippen molar-refractivity contribution < 1.29 is 28.6 Å². The number of hydrogen-bond acceptors (Lipinski definition) is 12. The molecule has 2 aromatic heterocycles. The number of carbonyl (C=O) groups excluding carboxylic acids is 3. The highest BCUT2D eigenvalue weighted by Gasteiger charge is 2.65. The molecule has 15 heteroatoms. The van der Waals surface area contributed by atoms with E-state index in [0.29, 0.717) is 56.1 Å². The molecular formula is C33H52BN7O6S. The molecule has 0 saturated carbocycles. The van der Waals surface area contributed by atoms with Crippen LogP contribution >= 0.6 is 11.3 Å². The van der Waals surface area contributed by atoms with Gasteiger partial charge >= 0.3 is 12.1 Å². The largest absolute Gasteiger partial charge is 0.457 e. The number of nitrogens with one attached hydrogen (secondary N) is 1. The third-order valence-corrected chi connectivity index (χ3v) is 11.5. The van der Waals surface area contributed by atoms with E-state index in [1.807, 2.05) is 33.9 Å². The molecule has 0 unspecified atom stereocenters. The van der Waals surface area contributed by atoms with Gasteiger partial charge in [-0.25, -0.2) is 9.78 Å². The van der Waals surface area contributed by atoms with E-state index in [0.717, 1.165) is 17.7 Å². The number of fused-ring (bicyclic) bond motifs is 1. The van der Waals surface area contributed by atoms with Gasteiger partial charge in [-0.05, 0) is 77.6 Å². The van der Waals surface area contributed by atoms with Gasteiger partial charge in [0.1, 0.15) is 29.2 Å². The lowest BCUT2D eigenvalue weighted by Gasteiger charge is -2.48. The number of thiazole rings is 1. The highest BCUT2D eigenvalue weighted by molar-refractivity contribution is 7.18. The first-order valence-corrected chi connectivity index (χ1v) is 17.9. The third-order valence-electron chi connectivity index (χ3n) is 10.6. The maximum Gasteiger partial charge on any atom is 0.412 e. The Kier molecular flexibility index (Phi) is 12.0. The highest BCUT2D eigenvalue weighted by atomic mass is 32.1. The number of esters is 1. The Morgan fingerprint density at radius 2 is 1.88 bits per heavy atom. The molecule has 3 N–H and O–H groups in total. The average Bonchev–Trinajstić information content (AvgIpc) is 3.77. The van der Waals surface area contributed by atoms with Crippen LogP contribution < -0.4 is 11.1 Å². The number of anilines is 1. The van der Waals surface area contributed by atoms with Gasteiger partial charge in [-0.2, -0.15) is 0 Å². The predicted octanol–water partition coefficient (Wildman–Crippen LogP) is 4.63. The highest BCUT2D eigenvalue weighted by Crippen LogP contribution is 2.45. The molecule has 0 bridgehead atoms. The smallest absolute Gasteiger partial charge is 0.412 e. The fourth-order valence-corrected chi connectivity index (χ4v) is 8.12. The number of rotatable bonds is 9. The zero-order chi connectivity index (χ0) is 35.4. The number of cyclic esters (lactones) is 1. The first kappa shape index (κ1) is 37.8. The first-order valence-electron chi connectivity index (χ1n) is 17.1. The summed E-state index contributed by atoms with van der Waals surface area (Å²) >= 11 is 1.35. The van der Waals surface area contributed by atoms with Gasteiger partial charge in [0, 0.05) is 32.3 Å². The van der Waals surface area contributed by atoms with Crippen LogP contribution in [0.4, 0.5) is 9.93 Å². The average molecular weight is 686 g/mol. The lowest BCUT2D eigenvalue weighted by molar-refractivity contribution is -0.177. The van der Waals surface area contributed by atoms with Gasteiger partial charge in [-0.3, -0.25) is 24.5 Å². The number of nitrogens with two attached hydrogens (primary N) is 1. The molecule has 0 aromatic carbocycles. The van der Waals surface area contributed by atoms with E-state index in [9.17, 15) is 14.4 Å². The molecule has 2 radical (unpaired) electrons. The second kappa shape index (κ2) is 15.2. The summed E-state index contributed by atoms with van der Waals surface area (Å²) in [5.74, 6) is -3.14. The summed E-state index contributed by atoms with van der Waals surface area (Å²) in [7, 11) is 8.27. The summed E-state index contributed by atoms with van der Waals surface area (Å²) in [4.78, 5) is 47.6. The van der Waals surface area contributed by atoms with E-state index in [1.54, 1.807) is 36.7 Å². The molecule has 2 aromatic rings. The number of aryl methyl sites for hydroxylation is 1. The van der Waals surface area contributed by atoms with E-state index in [1.165, 1.54) is 11.3 Å². The summed E-state index contributed by atoms with van der Waals surface area (Å²) in [6, 6.07) is 0. The first-order chi connectivity index (χ1) is 22.7. The van der Waals surface area contributed by atoms with Crippen LogP contribution in [-0.4, -0.2) is 93.7 Å². The van der Waals surface area contributed by atoms with Crippen LogP contribution in [0.15, 0.2) is 12.4 Å². The van der Waals surface area contributed by atoms with Crippen molar-refractivity contribution in [2.75, 3.05) is 25.9 Å². The molecule has 2 aliphatic rings. The Morgan fingerprint density at radius 3 is 2.50 bits per heavy atom. The standard InChI is InChI=1S/C33H52BN7O6S/c1-9-25-32(7)33(10-2,37-14-13-20(3)17-31(6,45-8)27(34)21(4)26(42)22(5)28(43)46-25)41(30(44)47-32)16-12-11-15-40-19-23(38-39-40)24-18-36-29(35)48-24/h18-22,25,27,37H,9-17H2,1-8H3,(H2,35,36)/t20-,21-,22+,25+,27+,31+,32+,33-/m0/s1. The normalized spacial score (nSPS) is 33.9. The van der Waals surface area contributed by atoms with Crippen LogP contribution in [0, 0.1) is 17.8 Å². The number of nitrogens with zero attached hydrogens (tertiary/aromatic N) is 5. The van der Waals surface area contributed by atoms with Crippen molar-refractivity contribution in [2.24, 2.45) is 17.8 Å². The van der Waals surface area contributed by atoms with Crippen molar-refractivity contribution >= 4 is 42.2 Å². The summed E-state index contributed by atoms with van der Waals surface area (Å²) < 4.78 is 20.0.